The fourth-order valence-electron chi connectivity index (χ4n) is 1.66. The third-order valence-electron chi connectivity index (χ3n) is 2.54. The number of aromatic nitrogens is 1. The van der Waals surface area contributed by atoms with E-state index in [1.165, 1.54) is 10.5 Å². The number of benzene rings is 1. The number of nitrogens with zero attached hydrogens (tertiary/aromatic N) is 1. The van der Waals surface area contributed by atoms with Crippen molar-refractivity contribution in [3.05, 3.63) is 47.3 Å². The summed E-state index contributed by atoms with van der Waals surface area (Å²) in [4.78, 5) is 1.27. The van der Waals surface area contributed by atoms with E-state index in [0.29, 0.717) is 0 Å². The second-order valence-corrected chi connectivity index (χ2v) is 5.19. The standard InChI is InChI=1S/C14H18N2OS/c1-3-15-9-12-5-4-6-14(8-12)18-10-13-7-11(2)17-16-13/h4-8,15H,3,9-10H2,1-2H3. The molecule has 4 heteroatoms. The molecular formula is C14H18N2OS. The summed E-state index contributed by atoms with van der Waals surface area (Å²) in [6.45, 7) is 5.95. The van der Waals surface area contributed by atoms with Crippen molar-refractivity contribution < 1.29 is 4.52 Å². The van der Waals surface area contributed by atoms with Crippen LogP contribution < -0.4 is 5.32 Å². The molecule has 0 saturated carbocycles. The van der Waals surface area contributed by atoms with Crippen molar-refractivity contribution in [3.63, 3.8) is 0 Å². The lowest BCUT2D eigenvalue weighted by atomic mass is 10.2. The van der Waals surface area contributed by atoms with E-state index in [-0.39, 0.29) is 0 Å². The zero-order valence-electron chi connectivity index (χ0n) is 10.8. The summed E-state index contributed by atoms with van der Waals surface area (Å²) in [5.74, 6) is 1.72. The van der Waals surface area contributed by atoms with Crippen molar-refractivity contribution in [2.45, 2.75) is 31.0 Å². The molecule has 0 radical (unpaired) electrons. The highest BCUT2D eigenvalue weighted by atomic mass is 32.2. The van der Waals surface area contributed by atoms with Gasteiger partial charge in [-0.3, -0.25) is 0 Å². The van der Waals surface area contributed by atoms with Crippen molar-refractivity contribution in [3.8, 4) is 0 Å². The van der Waals surface area contributed by atoms with Gasteiger partial charge in [0.15, 0.2) is 0 Å². The summed E-state index contributed by atoms with van der Waals surface area (Å²) in [6.07, 6.45) is 0. The topological polar surface area (TPSA) is 38.1 Å². The quantitative estimate of drug-likeness (QED) is 0.810. The lowest BCUT2D eigenvalue weighted by molar-refractivity contribution is 0.393. The molecule has 0 amide bonds. The van der Waals surface area contributed by atoms with Gasteiger partial charge in [-0.1, -0.05) is 24.2 Å². The molecule has 2 rings (SSSR count). The van der Waals surface area contributed by atoms with Crippen LogP contribution in [0.2, 0.25) is 0 Å². The predicted octanol–water partition coefficient (Wildman–Crippen LogP) is 3.38. The number of rotatable bonds is 6. The summed E-state index contributed by atoms with van der Waals surface area (Å²) in [5, 5.41) is 7.33. The Balaban J connectivity index is 1.92. The summed E-state index contributed by atoms with van der Waals surface area (Å²) in [6, 6.07) is 10.6. The maximum atomic E-state index is 5.06. The minimum Gasteiger partial charge on any atom is -0.361 e. The summed E-state index contributed by atoms with van der Waals surface area (Å²) < 4.78 is 5.06. The van der Waals surface area contributed by atoms with E-state index in [2.05, 4.69) is 41.7 Å². The molecule has 1 aromatic carbocycles. The van der Waals surface area contributed by atoms with E-state index >= 15 is 0 Å². The zero-order valence-corrected chi connectivity index (χ0v) is 11.6. The third-order valence-corrected chi connectivity index (χ3v) is 3.57. The Morgan fingerprint density at radius 3 is 2.94 bits per heavy atom. The molecule has 0 fully saturated rings. The molecule has 3 nitrogen and oxygen atoms in total. The first-order valence-electron chi connectivity index (χ1n) is 6.12. The van der Waals surface area contributed by atoms with Gasteiger partial charge in [-0.25, -0.2) is 0 Å². The van der Waals surface area contributed by atoms with Crippen LogP contribution in [0.15, 0.2) is 39.8 Å². The van der Waals surface area contributed by atoms with Crippen molar-refractivity contribution in [2.75, 3.05) is 6.54 Å². The van der Waals surface area contributed by atoms with Crippen LogP contribution in [-0.4, -0.2) is 11.7 Å². The van der Waals surface area contributed by atoms with Crippen LogP contribution in [0, 0.1) is 6.92 Å². The molecular weight excluding hydrogens is 244 g/mol. The summed E-state index contributed by atoms with van der Waals surface area (Å²) in [7, 11) is 0. The van der Waals surface area contributed by atoms with Gasteiger partial charge in [0.05, 0.1) is 5.69 Å². The fourth-order valence-corrected chi connectivity index (χ4v) is 2.52. The van der Waals surface area contributed by atoms with Crippen LogP contribution in [0.3, 0.4) is 0 Å². The molecule has 96 valence electrons. The van der Waals surface area contributed by atoms with Gasteiger partial charge in [-0.05, 0) is 31.2 Å². The molecule has 0 bridgehead atoms. The molecule has 18 heavy (non-hydrogen) atoms. The molecule has 0 aliphatic rings. The van der Waals surface area contributed by atoms with E-state index < -0.39 is 0 Å². The maximum absolute atomic E-state index is 5.06. The van der Waals surface area contributed by atoms with Crippen molar-refractivity contribution >= 4 is 11.8 Å². The first-order chi connectivity index (χ1) is 8.78. The zero-order chi connectivity index (χ0) is 12.8. The molecule has 0 unspecified atom stereocenters. The number of aryl methyl sites for hydroxylation is 1. The molecule has 0 atom stereocenters. The van der Waals surface area contributed by atoms with Crippen LogP contribution in [-0.2, 0) is 12.3 Å². The highest BCUT2D eigenvalue weighted by molar-refractivity contribution is 7.98. The van der Waals surface area contributed by atoms with Crippen LogP contribution in [0.4, 0.5) is 0 Å². The Labute approximate surface area is 112 Å². The van der Waals surface area contributed by atoms with Gasteiger partial charge in [0.1, 0.15) is 5.76 Å². The average molecular weight is 262 g/mol. The van der Waals surface area contributed by atoms with Crippen molar-refractivity contribution in [1.29, 1.82) is 0 Å². The van der Waals surface area contributed by atoms with Crippen LogP contribution in [0.25, 0.3) is 0 Å². The number of nitrogens with one attached hydrogen (secondary N) is 1. The van der Waals surface area contributed by atoms with Crippen LogP contribution in [0.5, 0.6) is 0 Å². The van der Waals surface area contributed by atoms with Crippen LogP contribution >= 0.6 is 11.8 Å². The van der Waals surface area contributed by atoms with Crippen molar-refractivity contribution in [2.24, 2.45) is 0 Å². The number of thioether (sulfide) groups is 1. The first-order valence-corrected chi connectivity index (χ1v) is 7.11. The number of hydrogen-bond donors (Lipinski definition) is 1. The minimum atomic E-state index is 0.849. The average Bonchev–Trinajstić information content (AvgIpc) is 2.80. The summed E-state index contributed by atoms with van der Waals surface area (Å²) in [5.41, 5.74) is 2.31. The Morgan fingerprint density at radius 2 is 2.22 bits per heavy atom. The van der Waals surface area contributed by atoms with E-state index in [0.717, 1.165) is 30.3 Å². The van der Waals surface area contributed by atoms with E-state index in [9.17, 15) is 0 Å². The fraction of sp³-hybridized carbons (Fsp3) is 0.357. The molecule has 1 N–H and O–H groups in total. The minimum absolute atomic E-state index is 0.849. The van der Waals surface area contributed by atoms with Gasteiger partial charge < -0.3 is 9.84 Å². The van der Waals surface area contributed by atoms with Crippen LogP contribution in [0.1, 0.15) is 23.9 Å². The van der Waals surface area contributed by atoms with Gasteiger partial charge in [-0.2, -0.15) is 0 Å². The SMILES string of the molecule is CCNCc1cccc(SCc2cc(C)on2)c1. The largest absolute Gasteiger partial charge is 0.361 e. The Bertz CT molecular complexity index is 496. The monoisotopic (exact) mass is 262 g/mol. The highest BCUT2D eigenvalue weighted by Crippen LogP contribution is 2.23. The van der Waals surface area contributed by atoms with Gasteiger partial charge in [0.2, 0.25) is 0 Å². The molecule has 0 spiro atoms. The lowest BCUT2D eigenvalue weighted by Gasteiger charge is -2.04. The summed E-state index contributed by atoms with van der Waals surface area (Å²) >= 11 is 1.78. The molecule has 0 saturated heterocycles. The van der Waals surface area contributed by atoms with Gasteiger partial charge in [0.25, 0.3) is 0 Å². The maximum Gasteiger partial charge on any atom is 0.133 e. The Hall–Kier alpha value is -1.26. The second-order valence-electron chi connectivity index (χ2n) is 4.15. The Kier molecular flexibility index (Phi) is 4.84. The van der Waals surface area contributed by atoms with Crippen molar-refractivity contribution in [1.82, 2.24) is 10.5 Å². The van der Waals surface area contributed by atoms with Gasteiger partial charge in [0, 0.05) is 23.3 Å². The predicted molar refractivity (Wildman–Crippen MR) is 74.6 cm³/mol. The lowest BCUT2D eigenvalue weighted by Crippen LogP contribution is -2.11. The Morgan fingerprint density at radius 1 is 1.33 bits per heavy atom. The van der Waals surface area contributed by atoms with E-state index in [4.69, 9.17) is 4.52 Å². The number of hydrogen-bond acceptors (Lipinski definition) is 4. The van der Waals surface area contributed by atoms with Gasteiger partial charge >= 0.3 is 0 Å². The van der Waals surface area contributed by atoms with E-state index in [1.54, 1.807) is 11.8 Å². The molecule has 2 aromatic rings. The third kappa shape index (κ3) is 3.89. The van der Waals surface area contributed by atoms with Gasteiger partial charge in [-0.15, -0.1) is 11.8 Å². The second kappa shape index (κ2) is 6.61. The highest BCUT2D eigenvalue weighted by Gasteiger charge is 2.02. The molecule has 0 aliphatic carbocycles. The first kappa shape index (κ1) is 13.2. The normalized spacial score (nSPS) is 10.8. The molecule has 1 aromatic heterocycles. The smallest absolute Gasteiger partial charge is 0.133 e. The molecule has 0 aliphatic heterocycles. The molecule has 1 heterocycles. The van der Waals surface area contributed by atoms with E-state index in [1.807, 2.05) is 13.0 Å².